The lowest BCUT2D eigenvalue weighted by molar-refractivity contribution is -0.117. The summed E-state index contributed by atoms with van der Waals surface area (Å²) in [6.07, 6.45) is 0.275. The summed E-state index contributed by atoms with van der Waals surface area (Å²) >= 11 is 0. The van der Waals surface area contributed by atoms with Gasteiger partial charge in [-0.25, -0.2) is 0 Å². The Kier molecular flexibility index (Phi) is 3.71. The average molecular weight is 256 g/mol. The van der Waals surface area contributed by atoms with Crippen LogP contribution in [-0.4, -0.2) is 18.1 Å². The Bertz CT molecular complexity index is 596. The molecular formula is C15H16N2O2. The number of nitrogens with two attached hydrogens (primary N) is 1. The third kappa shape index (κ3) is 3.25. The highest BCUT2D eigenvalue weighted by atomic mass is 16.3. The quantitative estimate of drug-likeness (QED) is 0.827. The summed E-state index contributed by atoms with van der Waals surface area (Å²) in [5, 5.41) is 9.42. The smallest absolute Gasteiger partial charge is 0.231 e. The first-order valence-electron chi connectivity index (χ1n) is 5.96. The number of nitrogen functional groups attached to an aromatic ring is 1. The number of anilines is 2. The first kappa shape index (κ1) is 13.0. The van der Waals surface area contributed by atoms with E-state index in [1.54, 1.807) is 43.4 Å². The summed E-state index contributed by atoms with van der Waals surface area (Å²) in [5.74, 6) is 0.0808. The molecule has 0 radical (unpaired) electrons. The van der Waals surface area contributed by atoms with Crippen LogP contribution in [0.2, 0.25) is 0 Å². The van der Waals surface area contributed by atoms with Gasteiger partial charge in [0.1, 0.15) is 5.75 Å². The van der Waals surface area contributed by atoms with Crippen LogP contribution < -0.4 is 10.6 Å². The molecule has 0 spiro atoms. The monoisotopic (exact) mass is 256 g/mol. The lowest BCUT2D eigenvalue weighted by atomic mass is 10.1. The molecule has 19 heavy (non-hydrogen) atoms. The van der Waals surface area contributed by atoms with Crippen molar-refractivity contribution >= 4 is 17.3 Å². The number of likely N-dealkylation sites (N-methyl/N-ethyl adjacent to an activating group) is 1. The molecule has 0 aliphatic heterocycles. The molecule has 0 atom stereocenters. The highest BCUT2D eigenvalue weighted by Crippen LogP contribution is 2.19. The maximum absolute atomic E-state index is 12.1. The van der Waals surface area contributed by atoms with Crippen LogP contribution in [0.4, 0.5) is 11.4 Å². The number of benzene rings is 2. The zero-order chi connectivity index (χ0) is 13.8. The molecule has 1 amide bonds. The number of hydrogen-bond acceptors (Lipinski definition) is 3. The van der Waals surface area contributed by atoms with Gasteiger partial charge in [0.2, 0.25) is 5.91 Å². The molecule has 0 unspecified atom stereocenters. The van der Waals surface area contributed by atoms with Crippen molar-refractivity contribution in [1.82, 2.24) is 0 Å². The maximum atomic E-state index is 12.1. The molecule has 2 rings (SSSR count). The molecule has 0 bridgehead atoms. The molecule has 0 saturated heterocycles. The second-order valence-corrected chi connectivity index (χ2v) is 4.39. The molecule has 98 valence electrons. The van der Waals surface area contributed by atoms with Gasteiger partial charge < -0.3 is 15.7 Å². The third-order valence-corrected chi connectivity index (χ3v) is 2.90. The second-order valence-electron chi connectivity index (χ2n) is 4.39. The van der Waals surface area contributed by atoms with Gasteiger partial charge in [-0.1, -0.05) is 18.2 Å². The van der Waals surface area contributed by atoms with Crippen LogP contribution in [0.25, 0.3) is 0 Å². The fourth-order valence-corrected chi connectivity index (χ4v) is 1.84. The summed E-state index contributed by atoms with van der Waals surface area (Å²) in [7, 11) is 1.68. The Morgan fingerprint density at radius 2 is 1.95 bits per heavy atom. The van der Waals surface area contributed by atoms with Crippen LogP contribution in [0.1, 0.15) is 5.56 Å². The molecule has 3 N–H and O–H groups in total. The van der Waals surface area contributed by atoms with Gasteiger partial charge in [-0.05, 0) is 29.8 Å². The van der Waals surface area contributed by atoms with Gasteiger partial charge in [-0.15, -0.1) is 0 Å². The molecule has 0 heterocycles. The van der Waals surface area contributed by atoms with Crippen LogP contribution in [0, 0.1) is 0 Å². The number of carbonyl (C=O) groups is 1. The second kappa shape index (κ2) is 5.44. The minimum atomic E-state index is -0.0591. The van der Waals surface area contributed by atoms with Gasteiger partial charge in [0, 0.05) is 24.5 Å². The predicted octanol–water partition coefficient (Wildman–Crippen LogP) is 2.18. The van der Waals surface area contributed by atoms with Crippen molar-refractivity contribution in [1.29, 1.82) is 0 Å². The Morgan fingerprint density at radius 3 is 2.63 bits per heavy atom. The number of nitrogens with zero attached hydrogens (tertiary/aromatic N) is 1. The van der Waals surface area contributed by atoms with Crippen LogP contribution >= 0.6 is 0 Å². The summed E-state index contributed by atoms with van der Waals surface area (Å²) in [4.78, 5) is 13.7. The molecule has 2 aromatic rings. The molecule has 0 saturated carbocycles. The van der Waals surface area contributed by atoms with Crippen LogP contribution in [0.5, 0.6) is 5.75 Å². The lowest BCUT2D eigenvalue weighted by Crippen LogP contribution is -2.27. The normalized spacial score (nSPS) is 10.2. The fourth-order valence-electron chi connectivity index (χ4n) is 1.84. The topological polar surface area (TPSA) is 66.6 Å². The number of amides is 1. The fraction of sp³-hybridized carbons (Fsp3) is 0.133. The summed E-state index contributed by atoms with van der Waals surface area (Å²) in [5.41, 5.74) is 7.86. The van der Waals surface area contributed by atoms with Gasteiger partial charge in [0.05, 0.1) is 6.42 Å². The van der Waals surface area contributed by atoms with E-state index in [1.165, 1.54) is 4.90 Å². The van der Waals surface area contributed by atoms with E-state index < -0.39 is 0 Å². The molecule has 0 aliphatic rings. The van der Waals surface area contributed by atoms with Crippen molar-refractivity contribution in [2.45, 2.75) is 6.42 Å². The van der Waals surface area contributed by atoms with Crippen LogP contribution in [0.15, 0.2) is 48.5 Å². The molecular weight excluding hydrogens is 240 g/mol. The van der Waals surface area contributed by atoms with E-state index in [1.807, 2.05) is 12.1 Å². The van der Waals surface area contributed by atoms with Gasteiger partial charge in [-0.2, -0.15) is 0 Å². The first-order chi connectivity index (χ1) is 9.06. The number of rotatable bonds is 3. The highest BCUT2D eigenvalue weighted by molar-refractivity contribution is 5.94. The van der Waals surface area contributed by atoms with Gasteiger partial charge in [0.25, 0.3) is 0 Å². The molecule has 2 aromatic carbocycles. The summed E-state index contributed by atoms with van der Waals surface area (Å²) in [6, 6.07) is 13.9. The molecule has 4 heteroatoms. The number of phenols is 1. The van der Waals surface area contributed by atoms with Gasteiger partial charge in [0.15, 0.2) is 0 Å². The number of aromatic hydroxyl groups is 1. The standard InChI is InChI=1S/C15H16N2O2/c1-17(13-6-3-7-14(18)10-13)15(19)9-11-4-2-5-12(16)8-11/h2-8,10,18H,9,16H2,1H3. The van der Waals surface area contributed by atoms with Crippen molar-refractivity contribution < 1.29 is 9.90 Å². The van der Waals surface area contributed by atoms with Crippen molar-refractivity contribution in [2.75, 3.05) is 17.7 Å². The number of carbonyl (C=O) groups excluding carboxylic acids is 1. The number of phenolic OH excluding ortho intramolecular Hbond substituents is 1. The minimum absolute atomic E-state index is 0.0591. The van der Waals surface area contributed by atoms with Crippen LogP contribution in [0.3, 0.4) is 0 Å². The molecule has 0 fully saturated rings. The lowest BCUT2D eigenvalue weighted by Gasteiger charge is -2.17. The number of hydrogen-bond donors (Lipinski definition) is 2. The third-order valence-electron chi connectivity index (χ3n) is 2.90. The van der Waals surface area contributed by atoms with E-state index in [-0.39, 0.29) is 18.1 Å². The van der Waals surface area contributed by atoms with E-state index in [0.29, 0.717) is 11.4 Å². The van der Waals surface area contributed by atoms with Crippen molar-refractivity contribution in [2.24, 2.45) is 0 Å². The summed E-state index contributed by atoms with van der Waals surface area (Å²) in [6.45, 7) is 0. The van der Waals surface area contributed by atoms with Crippen molar-refractivity contribution in [3.05, 3.63) is 54.1 Å². The Balaban J connectivity index is 2.12. The van der Waals surface area contributed by atoms with Crippen molar-refractivity contribution in [3.8, 4) is 5.75 Å². The Labute approximate surface area is 112 Å². The minimum Gasteiger partial charge on any atom is -0.508 e. The molecule has 0 aromatic heterocycles. The first-order valence-corrected chi connectivity index (χ1v) is 5.96. The largest absolute Gasteiger partial charge is 0.508 e. The van der Waals surface area contributed by atoms with E-state index in [0.717, 1.165) is 5.56 Å². The van der Waals surface area contributed by atoms with Gasteiger partial charge in [-0.3, -0.25) is 4.79 Å². The molecule has 4 nitrogen and oxygen atoms in total. The van der Waals surface area contributed by atoms with E-state index >= 15 is 0 Å². The highest BCUT2D eigenvalue weighted by Gasteiger charge is 2.12. The Morgan fingerprint density at radius 1 is 1.21 bits per heavy atom. The molecule has 0 aliphatic carbocycles. The maximum Gasteiger partial charge on any atom is 0.231 e. The van der Waals surface area contributed by atoms with Gasteiger partial charge >= 0.3 is 0 Å². The van der Waals surface area contributed by atoms with E-state index in [4.69, 9.17) is 5.73 Å². The van der Waals surface area contributed by atoms with Crippen molar-refractivity contribution in [3.63, 3.8) is 0 Å². The van der Waals surface area contributed by atoms with Crippen LogP contribution in [-0.2, 0) is 11.2 Å². The van der Waals surface area contributed by atoms with E-state index in [9.17, 15) is 9.90 Å². The Hall–Kier alpha value is -2.49. The SMILES string of the molecule is CN(C(=O)Cc1cccc(N)c1)c1cccc(O)c1. The zero-order valence-corrected chi connectivity index (χ0v) is 10.7. The van der Waals surface area contributed by atoms with E-state index in [2.05, 4.69) is 0 Å². The summed E-state index contributed by atoms with van der Waals surface area (Å²) < 4.78 is 0. The zero-order valence-electron chi connectivity index (χ0n) is 10.7. The average Bonchev–Trinajstić information content (AvgIpc) is 2.38. The predicted molar refractivity (Wildman–Crippen MR) is 76.1 cm³/mol.